The number of nitrogens with two attached hydrogens (primary N) is 1. The van der Waals surface area contributed by atoms with Gasteiger partial charge in [-0.1, -0.05) is 19.9 Å². The van der Waals surface area contributed by atoms with E-state index >= 15 is 0 Å². The van der Waals surface area contributed by atoms with Crippen molar-refractivity contribution in [1.82, 2.24) is 0 Å². The van der Waals surface area contributed by atoms with Crippen LogP contribution in [-0.2, 0) is 0 Å². The van der Waals surface area contributed by atoms with Gasteiger partial charge in [-0.25, -0.2) is 0 Å². The average Bonchev–Trinajstić information content (AvgIpc) is 2.49. The van der Waals surface area contributed by atoms with E-state index in [1.165, 1.54) is 15.0 Å². The lowest BCUT2D eigenvalue weighted by molar-refractivity contribution is 0.890. The van der Waals surface area contributed by atoms with Gasteiger partial charge in [-0.3, -0.25) is 0 Å². The molecule has 2 heteroatoms. The molecule has 0 atom stereocenters. The van der Waals surface area contributed by atoms with Crippen LogP contribution in [-0.4, -0.2) is 0 Å². The molecule has 1 aromatic heterocycles. The summed E-state index contributed by atoms with van der Waals surface area (Å²) in [5, 5.41) is 1.20. The molecule has 1 aromatic carbocycles. The van der Waals surface area contributed by atoms with Gasteiger partial charge in [0.1, 0.15) is 0 Å². The summed E-state index contributed by atoms with van der Waals surface area (Å²) < 4.78 is 1.30. The van der Waals surface area contributed by atoms with Crippen LogP contribution in [0.4, 0.5) is 5.69 Å². The molecule has 1 nitrogen and oxygen atoms in total. The van der Waals surface area contributed by atoms with Crippen LogP contribution in [0, 0.1) is 0 Å². The van der Waals surface area contributed by atoms with Crippen molar-refractivity contribution in [3.8, 4) is 0 Å². The van der Waals surface area contributed by atoms with Gasteiger partial charge < -0.3 is 5.73 Å². The quantitative estimate of drug-likeness (QED) is 0.685. The first-order chi connectivity index (χ1) is 6.18. The fraction of sp³-hybridized carbons (Fsp3) is 0.273. The molecule has 2 aromatic rings. The zero-order valence-corrected chi connectivity index (χ0v) is 8.69. The molecule has 0 fully saturated rings. The highest BCUT2D eigenvalue weighted by atomic mass is 32.1. The third-order valence-electron chi connectivity index (χ3n) is 2.18. The first-order valence-corrected chi connectivity index (χ1v) is 5.28. The predicted octanol–water partition coefficient (Wildman–Crippen LogP) is 3.61. The lowest BCUT2D eigenvalue weighted by Gasteiger charge is -1.96. The lowest BCUT2D eigenvalue weighted by Crippen LogP contribution is -1.83. The third kappa shape index (κ3) is 1.42. The molecule has 0 saturated carbocycles. The Balaban J connectivity index is 2.68. The molecule has 0 spiro atoms. The summed E-state index contributed by atoms with van der Waals surface area (Å²) in [7, 11) is 0. The summed E-state index contributed by atoms with van der Waals surface area (Å²) in [5.74, 6) is 0.594. The molecule has 2 N–H and O–H groups in total. The zero-order valence-electron chi connectivity index (χ0n) is 7.87. The normalized spacial score (nSPS) is 11.3. The molecule has 0 radical (unpaired) electrons. The maximum absolute atomic E-state index is 5.88. The van der Waals surface area contributed by atoms with Crippen molar-refractivity contribution in [2.24, 2.45) is 0 Å². The van der Waals surface area contributed by atoms with Gasteiger partial charge >= 0.3 is 0 Å². The summed E-state index contributed by atoms with van der Waals surface area (Å²) >= 11 is 1.84. The largest absolute Gasteiger partial charge is 0.398 e. The van der Waals surface area contributed by atoms with Crippen LogP contribution in [0.15, 0.2) is 24.3 Å². The van der Waals surface area contributed by atoms with Gasteiger partial charge in [-0.15, -0.1) is 11.3 Å². The molecule has 0 saturated heterocycles. The number of fused-ring (bicyclic) bond motifs is 1. The first kappa shape index (κ1) is 8.57. The number of benzene rings is 1. The van der Waals surface area contributed by atoms with Gasteiger partial charge in [0.15, 0.2) is 0 Å². The van der Waals surface area contributed by atoms with Gasteiger partial charge in [-0.2, -0.15) is 0 Å². The Kier molecular flexibility index (Phi) is 2.00. The van der Waals surface area contributed by atoms with Gasteiger partial charge in [0.05, 0.1) is 0 Å². The molecular weight excluding hydrogens is 178 g/mol. The second-order valence-electron chi connectivity index (χ2n) is 3.56. The molecule has 13 heavy (non-hydrogen) atoms. The van der Waals surface area contributed by atoms with E-state index in [9.17, 15) is 0 Å². The number of rotatable bonds is 1. The highest BCUT2D eigenvalue weighted by Crippen LogP contribution is 2.33. The molecular formula is C11H13NS. The summed E-state index contributed by atoms with van der Waals surface area (Å²) in [5.41, 5.74) is 6.77. The Labute approximate surface area is 82.2 Å². The summed E-state index contributed by atoms with van der Waals surface area (Å²) in [6.45, 7) is 4.42. The SMILES string of the molecule is CC(C)c1cc2c(N)cccc2s1. The van der Waals surface area contributed by atoms with Gasteiger partial charge in [0.2, 0.25) is 0 Å². The zero-order chi connectivity index (χ0) is 9.42. The summed E-state index contributed by atoms with van der Waals surface area (Å²) in [4.78, 5) is 1.41. The van der Waals surface area contributed by atoms with Crippen molar-refractivity contribution in [3.63, 3.8) is 0 Å². The van der Waals surface area contributed by atoms with Crippen molar-refractivity contribution in [1.29, 1.82) is 0 Å². The van der Waals surface area contributed by atoms with Crippen LogP contribution < -0.4 is 5.73 Å². The Bertz CT molecular complexity index is 429. The molecule has 0 unspecified atom stereocenters. The molecule has 0 aliphatic carbocycles. The smallest absolute Gasteiger partial charge is 0.0402 e. The Hall–Kier alpha value is -1.02. The predicted molar refractivity (Wildman–Crippen MR) is 60.3 cm³/mol. The second-order valence-corrected chi connectivity index (χ2v) is 4.68. The van der Waals surface area contributed by atoms with Gasteiger partial charge in [0.25, 0.3) is 0 Å². The maximum Gasteiger partial charge on any atom is 0.0402 e. The van der Waals surface area contributed by atoms with Crippen molar-refractivity contribution in [3.05, 3.63) is 29.1 Å². The number of hydrogen-bond acceptors (Lipinski definition) is 2. The Morgan fingerprint density at radius 1 is 1.31 bits per heavy atom. The Morgan fingerprint density at radius 2 is 2.08 bits per heavy atom. The van der Waals surface area contributed by atoms with Gasteiger partial charge in [-0.05, 0) is 24.1 Å². The topological polar surface area (TPSA) is 26.0 Å². The third-order valence-corrected chi connectivity index (χ3v) is 3.58. The van der Waals surface area contributed by atoms with E-state index in [1.54, 1.807) is 0 Å². The minimum Gasteiger partial charge on any atom is -0.398 e. The minimum atomic E-state index is 0.594. The average molecular weight is 191 g/mol. The van der Waals surface area contributed by atoms with E-state index in [4.69, 9.17) is 5.73 Å². The molecule has 0 aliphatic rings. The standard InChI is InChI=1S/C11H13NS/c1-7(2)11-6-8-9(12)4-3-5-10(8)13-11/h3-7H,12H2,1-2H3. The number of hydrogen-bond donors (Lipinski definition) is 1. The molecule has 0 bridgehead atoms. The van der Waals surface area contributed by atoms with Crippen LogP contribution in [0.2, 0.25) is 0 Å². The second kappa shape index (κ2) is 3.04. The minimum absolute atomic E-state index is 0.594. The lowest BCUT2D eigenvalue weighted by atomic mass is 10.1. The van der Waals surface area contributed by atoms with E-state index in [1.807, 2.05) is 23.5 Å². The van der Waals surface area contributed by atoms with E-state index < -0.39 is 0 Å². The maximum atomic E-state index is 5.88. The summed E-state index contributed by atoms with van der Waals surface area (Å²) in [6.07, 6.45) is 0. The molecule has 2 rings (SSSR count). The van der Waals surface area contributed by atoms with Crippen LogP contribution in [0.3, 0.4) is 0 Å². The van der Waals surface area contributed by atoms with Crippen molar-refractivity contribution in [2.45, 2.75) is 19.8 Å². The van der Waals surface area contributed by atoms with Crippen LogP contribution in [0.25, 0.3) is 10.1 Å². The summed E-state index contributed by atoms with van der Waals surface area (Å²) in [6, 6.07) is 8.31. The van der Waals surface area contributed by atoms with E-state index in [0.29, 0.717) is 5.92 Å². The molecule has 68 valence electrons. The van der Waals surface area contributed by atoms with Gasteiger partial charge in [0, 0.05) is 20.7 Å². The van der Waals surface area contributed by atoms with E-state index in [0.717, 1.165) is 5.69 Å². The Morgan fingerprint density at radius 3 is 2.69 bits per heavy atom. The molecule has 1 heterocycles. The van der Waals surface area contributed by atoms with E-state index in [-0.39, 0.29) is 0 Å². The van der Waals surface area contributed by atoms with E-state index in [2.05, 4.69) is 26.0 Å². The fourth-order valence-corrected chi connectivity index (χ4v) is 2.49. The fourth-order valence-electron chi connectivity index (χ4n) is 1.39. The number of thiophene rings is 1. The number of nitrogen functional groups attached to an aromatic ring is 1. The highest BCUT2D eigenvalue weighted by molar-refractivity contribution is 7.19. The van der Waals surface area contributed by atoms with Crippen LogP contribution in [0.5, 0.6) is 0 Å². The van der Waals surface area contributed by atoms with Crippen molar-refractivity contribution in [2.75, 3.05) is 5.73 Å². The first-order valence-electron chi connectivity index (χ1n) is 4.46. The van der Waals surface area contributed by atoms with Crippen LogP contribution >= 0.6 is 11.3 Å². The monoisotopic (exact) mass is 191 g/mol. The number of anilines is 1. The van der Waals surface area contributed by atoms with Crippen molar-refractivity contribution < 1.29 is 0 Å². The van der Waals surface area contributed by atoms with Crippen molar-refractivity contribution >= 4 is 27.1 Å². The molecule has 0 amide bonds. The van der Waals surface area contributed by atoms with Crippen LogP contribution in [0.1, 0.15) is 24.6 Å². The molecule has 0 aliphatic heterocycles. The highest BCUT2D eigenvalue weighted by Gasteiger charge is 2.06.